The molecule has 0 bridgehead atoms. The molecule has 1 aliphatic rings. The minimum atomic E-state index is -3.50. The highest BCUT2D eigenvalue weighted by molar-refractivity contribution is 7.89. The molecule has 0 heterocycles. The molecule has 2 aromatic carbocycles. The Labute approximate surface area is 119 Å². The van der Waals surface area contributed by atoms with Crippen LogP contribution in [0.2, 0.25) is 0 Å². The predicted molar refractivity (Wildman–Crippen MR) is 80.9 cm³/mol. The molecule has 1 saturated carbocycles. The molecule has 0 aliphatic heterocycles. The van der Waals surface area contributed by atoms with Crippen LogP contribution in [-0.2, 0) is 10.0 Å². The van der Waals surface area contributed by atoms with Crippen molar-refractivity contribution in [2.75, 3.05) is 5.73 Å². The van der Waals surface area contributed by atoms with Gasteiger partial charge in [-0.05, 0) is 35.4 Å². The fourth-order valence-corrected chi connectivity index (χ4v) is 4.06. The van der Waals surface area contributed by atoms with E-state index >= 15 is 0 Å². The van der Waals surface area contributed by atoms with E-state index in [-0.39, 0.29) is 11.5 Å². The van der Waals surface area contributed by atoms with E-state index in [4.69, 9.17) is 5.73 Å². The maximum absolute atomic E-state index is 12.5. The van der Waals surface area contributed by atoms with E-state index in [1.807, 2.05) is 6.07 Å². The maximum Gasteiger partial charge on any atom is 0.241 e. The average Bonchev–Trinajstić information content (AvgIpc) is 2.94. The van der Waals surface area contributed by atoms with Crippen LogP contribution in [-0.4, -0.2) is 14.5 Å². The lowest BCUT2D eigenvalue weighted by Crippen LogP contribution is -2.28. The molecule has 5 heteroatoms. The number of sulfonamides is 1. The summed E-state index contributed by atoms with van der Waals surface area (Å²) in [6.45, 7) is 4.12. The first kappa shape index (κ1) is 13.4. The molecule has 3 N–H and O–H groups in total. The SMILES string of the molecule is CC1(C)CC1NS(=O)(=O)c1cccc2cc(N)ccc12. The highest BCUT2D eigenvalue weighted by atomic mass is 32.2. The monoisotopic (exact) mass is 290 g/mol. The minimum absolute atomic E-state index is 0.0246. The third-order valence-electron chi connectivity index (χ3n) is 3.96. The molecule has 1 unspecified atom stereocenters. The molecule has 20 heavy (non-hydrogen) atoms. The van der Waals surface area contributed by atoms with Gasteiger partial charge in [0, 0.05) is 17.1 Å². The number of benzene rings is 2. The Kier molecular flexibility index (Phi) is 2.81. The Morgan fingerprint density at radius 1 is 1.25 bits per heavy atom. The molecule has 1 aliphatic carbocycles. The Hall–Kier alpha value is -1.59. The van der Waals surface area contributed by atoms with Gasteiger partial charge in [-0.25, -0.2) is 13.1 Å². The lowest BCUT2D eigenvalue weighted by atomic mass is 10.1. The number of nitrogens with one attached hydrogen (secondary N) is 1. The number of hydrogen-bond acceptors (Lipinski definition) is 3. The van der Waals surface area contributed by atoms with Crippen molar-refractivity contribution in [2.45, 2.75) is 31.2 Å². The van der Waals surface area contributed by atoms with Crippen LogP contribution in [0.3, 0.4) is 0 Å². The van der Waals surface area contributed by atoms with Gasteiger partial charge in [-0.2, -0.15) is 0 Å². The lowest BCUT2D eigenvalue weighted by Gasteiger charge is -2.11. The standard InChI is InChI=1S/C15H18N2O2S/c1-15(2)9-14(15)17-20(18,19)13-5-3-4-10-8-11(16)6-7-12(10)13/h3-8,14,17H,9,16H2,1-2H3. The number of hydrogen-bond donors (Lipinski definition) is 2. The van der Waals surface area contributed by atoms with Crippen molar-refractivity contribution in [1.29, 1.82) is 0 Å². The van der Waals surface area contributed by atoms with Gasteiger partial charge in [0.25, 0.3) is 0 Å². The molecule has 4 nitrogen and oxygen atoms in total. The summed E-state index contributed by atoms with van der Waals surface area (Å²) in [5, 5.41) is 1.54. The molecular formula is C15H18N2O2S. The molecule has 0 radical (unpaired) electrons. The van der Waals surface area contributed by atoms with Crippen LogP contribution >= 0.6 is 0 Å². The van der Waals surface area contributed by atoms with Crippen molar-refractivity contribution in [3.05, 3.63) is 36.4 Å². The molecule has 1 fully saturated rings. The molecule has 2 aromatic rings. The largest absolute Gasteiger partial charge is 0.399 e. The van der Waals surface area contributed by atoms with Crippen molar-refractivity contribution in [1.82, 2.24) is 4.72 Å². The summed E-state index contributed by atoms with van der Waals surface area (Å²) in [6, 6.07) is 10.5. The Balaban J connectivity index is 2.05. The lowest BCUT2D eigenvalue weighted by molar-refractivity contribution is 0.555. The number of rotatable bonds is 3. The molecule has 3 rings (SSSR count). The zero-order valence-electron chi connectivity index (χ0n) is 11.6. The van der Waals surface area contributed by atoms with Gasteiger partial charge in [-0.1, -0.05) is 32.0 Å². The van der Waals surface area contributed by atoms with Crippen LogP contribution in [0.5, 0.6) is 0 Å². The summed E-state index contributed by atoms with van der Waals surface area (Å²) in [5.74, 6) is 0. The highest BCUT2D eigenvalue weighted by Crippen LogP contribution is 2.45. The van der Waals surface area contributed by atoms with E-state index < -0.39 is 10.0 Å². The van der Waals surface area contributed by atoms with Gasteiger partial charge in [-0.3, -0.25) is 0 Å². The second-order valence-corrected chi connectivity index (χ2v) is 7.79. The zero-order chi connectivity index (χ0) is 14.5. The summed E-state index contributed by atoms with van der Waals surface area (Å²) in [6.07, 6.45) is 0.879. The van der Waals surface area contributed by atoms with Gasteiger partial charge in [0.05, 0.1) is 4.90 Å². The van der Waals surface area contributed by atoms with Gasteiger partial charge in [0.1, 0.15) is 0 Å². The molecule has 1 atom stereocenters. The van der Waals surface area contributed by atoms with Crippen LogP contribution in [0.4, 0.5) is 5.69 Å². The van der Waals surface area contributed by atoms with Crippen molar-refractivity contribution in [3.63, 3.8) is 0 Å². The summed E-state index contributed by atoms with van der Waals surface area (Å²) < 4.78 is 27.8. The van der Waals surface area contributed by atoms with Crippen molar-refractivity contribution in [2.24, 2.45) is 5.41 Å². The minimum Gasteiger partial charge on any atom is -0.399 e. The summed E-state index contributed by atoms with van der Waals surface area (Å²) in [4.78, 5) is 0.317. The van der Waals surface area contributed by atoms with Crippen molar-refractivity contribution >= 4 is 26.5 Å². The quantitative estimate of drug-likeness (QED) is 0.853. The molecule has 0 aromatic heterocycles. The van der Waals surface area contributed by atoms with Gasteiger partial charge in [0.2, 0.25) is 10.0 Å². The third kappa shape index (κ3) is 2.27. The molecule has 106 valence electrons. The average molecular weight is 290 g/mol. The van der Waals surface area contributed by atoms with Crippen LogP contribution in [0.25, 0.3) is 10.8 Å². The van der Waals surface area contributed by atoms with E-state index in [9.17, 15) is 8.42 Å². The number of nitrogen functional groups attached to an aromatic ring is 1. The van der Waals surface area contributed by atoms with Crippen molar-refractivity contribution in [3.8, 4) is 0 Å². The molecule has 0 amide bonds. The second-order valence-electron chi connectivity index (χ2n) is 6.10. The fraction of sp³-hybridized carbons (Fsp3) is 0.333. The first-order valence-corrected chi connectivity index (χ1v) is 8.08. The van der Waals surface area contributed by atoms with Crippen molar-refractivity contribution < 1.29 is 8.42 Å². The normalized spacial score (nSPS) is 21.0. The van der Waals surface area contributed by atoms with Crippen LogP contribution in [0.1, 0.15) is 20.3 Å². The van der Waals surface area contributed by atoms with Gasteiger partial charge in [0.15, 0.2) is 0 Å². The van der Waals surface area contributed by atoms with Gasteiger partial charge in [-0.15, -0.1) is 0 Å². The Morgan fingerprint density at radius 2 is 1.95 bits per heavy atom. The fourth-order valence-electron chi connectivity index (χ4n) is 2.43. The van der Waals surface area contributed by atoms with E-state index in [0.29, 0.717) is 16.0 Å². The van der Waals surface area contributed by atoms with Crippen LogP contribution in [0.15, 0.2) is 41.3 Å². The smallest absolute Gasteiger partial charge is 0.241 e. The summed E-state index contributed by atoms with van der Waals surface area (Å²) >= 11 is 0. The van der Waals surface area contributed by atoms with Gasteiger partial charge < -0.3 is 5.73 Å². The van der Waals surface area contributed by atoms with E-state index in [1.165, 1.54) is 0 Å². The topological polar surface area (TPSA) is 72.2 Å². The predicted octanol–water partition coefficient (Wildman–Crippen LogP) is 2.50. The molecular weight excluding hydrogens is 272 g/mol. The zero-order valence-corrected chi connectivity index (χ0v) is 12.4. The van der Waals surface area contributed by atoms with E-state index in [0.717, 1.165) is 11.8 Å². The van der Waals surface area contributed by atoms with E-state index in [1.54, 1.807) is 30.3 Å². The first-order valence-electron chi connectivity index (χ1n) is 6.60. The first-order chi connectivity index (χ1) is 9.29. The second kappa shape index (κ2) is 4.20. The molecule has 0 spiro atoms. The van der Waals surface area contributed by atoms with Crippen LogP contribution in [0, 0.1) is 5.41 Å². The van der Waals surface area contributed by atoms with Gasteiger partial charge >= 0.3 is 0 Å². The number of fused-ring (bicyclic) bond motifs is 1. The summed E-state index contributed by atoms with van der Waals surface area (Å²) in [7, 11) is -3.50. The Bertz CT molecular complexity index is 782. The number of nitrogens with two attached hydrogens (primary N) is 1. The number of anilines is 1. The van der Waals surface area contributed by atoms with E-state index in [2.05, 4.69) is 18.6 Å². The highest BCUT2D eigenvalue weighted by Gasteiger charge is 2.48. The van der Waals surface area contributed by atoms with Crippen LogP contribution < -0.4 is 10.5 Å². The Morgan fingerprint density at radius 3 is 2.60 bits per heavy atom. The molecule has 0 saturated heterocycles. The maximum atomic E-state index is 12.5. The summed E-state index contributed by atoms with van der Waals surface area (Å²) in [5.41, 5.74) is 6.43. The third-order valence-corrected chi connectivity index (χ3v) is 5.49.